The molecule has 0 atom stereocenters. The summed E-state index contributed by atoms with van der Waals surface area (Å²) in [6.45, 7) is 1.14. The van der Waals surface area contributed by atoms with Gasteiger partial charge < -0.3 is 14.8 Å². The van der Waals surface area contributed by atoms with Crippen LogP contribution >= 0.6 is 22.9 Å². The molecule has 2 aromatic rings. The Hall–Kier alpha value is -2.05. The van der Waals surface area contributed by atoms with Crippen molar-refractivity contribution in [2.24, 2.45) is 0 Å². The van der Waals surface area contributed by atoms with Gasteiger partial charge in [0.15, 0.2) is 17.3 Å². The molecule has 0 unspecified atom stereocenters. The number of anilines is 1. The van der Waals surface area contributed by atoms with Crippen LogP contribution in [0, 0.1) is 0 Å². The first-order valence-electron chi connectivity index (χ1n) is 8.09. The van der Waals surface area contributed by atoms with E-state index in [1.807, 2.05) is 11.4 Å². The Bertz CT molecular complexity index is 761. The molecule has 1 aliphatic heterocycles. The molecule has 7 heteroatoms. The van der Waals surface area contributed by atoms with Crippen LogP contribution in [0.1, 0.15) is 35.4 Å². The van der Waals surface area contributed by atoms with Gasteiger partial charge in [-0.05, 0) is 17.9 Å². The Kier molecular flexibility index (Phi) is 5.94. The monoisotopic (exact) mass is 379 g/mol. The lowest BCUT2D eigenvalue weighted by Gasteiger charge is -2.12. The first kappa shape index (κ1) is 17.8. The lowest BCUT2D eigenvalue weighted by Crippen LogP contribution is -2.12. The number of nitrogens with one attached hydrogen (secondary N) is 1. The van der Waals surface area contributed by atoms with Gasteiger partial charge in [0.1, 0.15) is 0 Å². The van der Waals surface area contributed by atoms with E-state index >= 15 is 0 Å². The number of benzene rings is 1. The Morgan fingerprint density at radius 2 is 1.92 bits per heavy atom. The van der Waals surface area contributed by atoms with E-state index in [1.54, 1.807) is 18.2 Å². The number of rotatable bonds is 6. The molecule has 0 spiro atoms. The van der Waals surface area contributed by atoms with E-state index in [9.17, 15) is 9.59 Å². The van der Waals surface area contributed by atoms with Crippen LogP contribution < -0.4 is 14.8 Å². The number of hydrogen-bond donors (Lipinski definition) is 1. The van der Waals surface area contributed by atoms with Crippen LogP contribution in [0.3, 0.4) is 0 Å². The zero-order valence-electron chi connectivity index (χ0n) is 13.5. The summed E-state index contributed by atoms with van der Waals surface area (Å²) < 4.78 is 11.2. The summed E-state index contributed by atoms with van der Waals surface area (Å²) in [4.78, 5) is 24.8. The molecular weight excluding hydrogens is 362 g/mol. The average Bonchev–Trinajstić information content (AvgIpc) is 3.03. The topological polar surface area (TPSA) is 64.6 Å². The summed E-state index contributed by atoms with van der Waals surface area (Å²) in [5.41, 5.74) is 0.487. The summed E-state index contributed by atoms with van der Waals surface area (Å²) in [7, 11) is 0. The van der Waals surface area contributed by atoms with Crippen LogP contribution in [0.25, 0.3) is 0 Å². The van der Waals surface area contributed by atoms with Gasteiger partial charge in [0.2, 0.25) is 5.91 Å². The van der Waals surface area contributed by atoms with Crippen molar-refractivity contribution in [2.45, 2.75) is 25.7 Å². The lowest BCUT2D eigenvalue weighted by molar-refractivity contribution is -0.116. The molecule has 1 N–H and O–H groups in total. The number of fused-ring (bicyclic) bond motifs is 1. The maximum atomic E-state index is 12.1. The molecule has 1 amide bonds. The number of halogens is 1. The van der Waals surface area contributed by atoms with E-state index in [2.05, 4.69) is 5.32 Å². The number of hydrogen-bond acceptors (Lipinski definition) is 5. The number of amides is 1. The largest absolute Gasteiger partial charge is 0.490 e. The van der Waals surface area contributed by atoms with Gasteiger partial charge in [-0.3, -0.25) is 9.59 Å². The number of ketones is 1. The number of carbonyl (C=O) groups excluding carboxylic acids is 2. The first-order valence-corrected chi connectivity index (χ1v) is 9.35. The van der Waals surface area contributed by atoms with Crippen LogP contribution in [0.5, 0.6) is 11.5 Å². The van der Waals surface area contributed by atoms with Crippen molar-refractivity contribution in [2.75, 3.05) is 18.5 Å². The average molecular weight is 380 g/mol. The molecule has 1 aromatic heterocycles. The molecule has 1 aliphatic rings. The van der Waals surface area contributed by atoms with Gasteiger partial charge in [0, 0.05) is 31.4 Å². The molecule has 2 heterocycles. The second-order valence-corrected chi connectivity index (χ2v) is 6.99. The molecule has 0 bridgehead atoms. The molecule has 3 rings (SSSR count). The van der Waals surface area contributed by atoms with Crippen molar-refractivity contribution in [3.63, 3.8) is 0 Å². The fraction of sp³-hybridized carbons (Fsp3) is 0.333. The maximum Gasteiger partial charge on any atom is 0.224 e. The van der Waals surface area contributed by atoms with Crippen molar-refractivity contribution in [3.8, 4) is 11.5 Å². The number of ether oxygens (including phenoxy) is 2. The zero-order valence-corrected chi connectivity index (χ0v) is 15.1. The highest BCUT2D eigenvalue weighted by Gasteiger charge is 2.16. The molecular formula is C18H18ClNO4S. The minimum absolute atomic E-state index is 0.0661. The highest BCUT2D eigenvalue weighted by atomic mass is 35.5. The third-order valence-corrected chi connectivity index (χ3v) is 4.94. The fourth-order valence-corrected chi connectivity index (χ4v) is 3.36. The Morgan fingerprint density at radius 3 is 2.64 bits per heavy atom. The van der Waals surface area contributed by atoms with E-state index in [0.717, 1.165) is 11.3 Å². The summed E-state index contributed by atoms with van der Waals surface area (Å²) in [5.74, 6) is 1.04. The van der Waals surface area contributed by atoms with E-state index in [-0.39, 0.29) is 18.1 Å². The number of Topliss-reactive ketones (excluding diaryl/α,β-unsaturated/α-hetero) is 1. The molecule has 1 aromatic carbocycles. The molecule has 25 heavy (non-hydrogen) atoms. The van der Waals surface area contributed by atoms with Crippen molar-refractivity contribution in [1.82, 2.24) is 0 Å². The summed E-state index contributed by atoms with van der Waals surface area (Å²) in [6.07, 6.45) is 1.89. The van der Waals surface area contributed by atoms with Gasteiger partial charge in [-0.25, -0.2) is 0 Å². The predicted octanol–water partition coefficient (Wildman–Crippen LogP) is 4.55. The highest BCUT2D eigenvalue weighted by Crippen LogP contribution is 2.37. The SMILES string of the molecule is O=C(CCCC(=O)c1cccs1)Nc1cc2c(cc1Cl)OCCCO2. The number of carbonyl (C=O) groups is 2. The van der Waals surface area contributed by atoms with Gasteiger partial charge >= 0.3 is 0 Å². The van der Waals surface area contributed by atoms with Crippen molar-refractivity contribution < 1.29 is 19.1 Å². The van der Waals surface area contributed by atoms with Gasteiger partial charge in [-0.2, -0.15) is 0 Å². The van der Waals surface area contributed by atoms with Crippen LogP contribution in [0.4, 0.5) is 5.69 Å². The molecule has 0 saturated carbocycles. The van der Waals surface area contributed by atoms with Crippen molar-refractivity contribution in [1.29, 1.82) is 0 Å². The van der Waals surface area contributed by atoms with Gasteiger partial charge in [-0.1, -0.05) is 17.7 Å². The van der Waals surface area contributed by atoms with Gasteiger partial charge in [-0.15, -0.1) is 11.3 Å². The molecule has 0 saturated heterocycles. The second-order valence-electron chi connectivity index (χ2n) is 5.63. The van der Waals surface area contributed by atoms with Crippen LogP contribution in [0.2, 0.25) is 5.02 Å². The molecule has 5 nitrogen and oxygen atoms in total. The van der Waals surface area contributed by atoms with E-state index < -0.39 is 0 Å². The molecule has 0 radical (unpaired) electrons. The lowest BCUT2D eigenvalue weighted by atomic mass is 10.1. The summed E-state index contributed by atoms with van der Waals surface area (Å²) >= 11 is 7.62. The summed E-state index contributed by atoms with van der Waals surface area (Å²) in [5, 5.41) is 5.04. The van der Waals surface area contributed by atoms with Crippen molar-refractivity contribution >= 4 is 40.3 Å². The Labute approximate surface area is 154 Å². The minimum atomic E-state index is -0.185. The number of thiophene rings is 1. The Morgan fingerprint density at radius 1 is 1.16 bits per heavy atom. The van der Waals surface area contributed by atoms with E-state index in [0.29, 0.717) is 48.3 Å². The van der Waals surface area contributed by atoms with Gasteiger partial charge in [0.25, 0.3) is 0 Å². The second kappa shape index (κ2) is 8.36. The predicted molar refractivity (Wildman–Crippen MR) is 98.2 cm³/mol. The third kappa shape index (κ3) is 4.74. The standard InChI is InChI=1S/C18H18ClNO4S/c19-12-10-15-16(24-8-3-7-23-15)11-13(12)20-18(22)6-1-4-14(21)17-5-2-9-25-17/h2,5,9-11H,1,3-4,6-8H2,(H,20,22). The first-order chi connectivity index (χ1) is 12.1. The molecule has 0 fully saturated rings. The smallest absolute Gasteiger partial charge is 0.224 e. The fourth-order valence-electron chi connectivity index (χ4n) is 2.46. The highest BCUT2D eigenvalue weighted by molar-refractivity contribution is 7.12. The quantitative estimate of drug-likeness (QED) is 0.747. The van der Waals surface area contributed by atoms with Crippen LogP contribution in [-0.4, -0.2) is 24.9 Å². The molecule has 132 valence electrons. The van der Waals surface area contributed by atoms with Gasteiger partial charge in [0.05, 0.1) is 28.8 Å². The van der Waals surface area contributed by atoms with E-state index in [1.165, 1.54) is 11.3 Å². The van der Waals surface area contributed by atoms with Crippen LogP contribution in [-0.2, 0) is 4.79 Å². The normalized spacial score (nSPS) is 13.2. The zero-order chi connectivity index (χ0) is 17.6. The Balaban J connectivity index is 1.54. The van der Waals surface area contributed by atoms with E-state index in [4.69, 9.17) is 21.1 Å². The minimum Gasteiger partial charge on any atom is -0.490 e. The third-order valence-electron chi connectivity index (χ3n) is 3.71. The van der Waals surface area contributed by atoms with Crippen molar-refractivity contribution in [3.05, 3.63) is 39.5 Å². The molecule has 0 aliphatic carbocycles. The van der Waals surface area contributed by atoms with Crippen LogP contribution in [0.15, 0.2) is 29.6 Å². The maximum absolute atomic E-state index is 12.1. The summed E-state index contributed by atoms with van der Waals surface area (Å²) in [6, 6.07) is 6.97.